The van der Waals surface area contributed by atoms with Gasteiger partial charge < -0.3 is 20.5 Å². The number of morpholine rings is 1. The van der Waals surface area contributed by atoms with Crippen molar-refractivity contribution in [1.29, 1.82) is 0 Å². The molecule has 0 radical (unpaired) electrons. The molecule has 112 valence electrons. The maximum Gasteiger partial charge on any atom is 0.255 e. The first-order valence-corrected chi connectivity index (χ1v) is 6.66. The van der Waals surface area contributed by atoms with Gasteiger partial charge in [0, 0.05) is 18.7 Å². The first-order chi connectivity index (χ1) is 10.2. The minimum atomic E-state index is -0.455. The van der Waals surface area contributed by atoms with Gasteiger partial charge in [-0.15, -0.1) is 0 Å². The highest BCUT2D eigenvalue weighted by atomic mass is 19.1. The standard InChI is InChI=1S/C15H17FN2O3/c16-12-3-4-14(11(8-12)2-1-5-17)15(20)18-6-7-21-13(9-18)10-19/h3-4,8,13,19H,5-7,9-10,17H2. The number of carbonyl (C=O) groups is 1. The Kier molecular flexibility index (Phi) is 5.28. The Labute approximate surface area is 122 Å². The van der Waals surface area contributed by atoms with Crippen molar-refractivity contribution in [2.45, 2.75) is 6.10 Å². The number of aliphatic hydroxyl groups is 1. The normalized spacial score (nSPS) is 18.0. The lowest BCUT2D eigenvalue weighted by atomic mass is 10.1. The van der Waals surface area contributed by atoms with Crippen LogP contribution in [0.15, 0.2) is 18.2 Å². The molecule has 2 rings (SSSR count). The average Bonchev–Trinajstić information content (AvgIpc) is 2.52. The SMILES string of the molecule is NCC#Cc1cc(F)ccc1C(=O)N1CCOC(CO)C1. The summed E-state index contributed by atoms with van der Waals surface area (Å²) >= 11 is 0. The van der Waals surface area contributed by atoms with Crippen LogP contribution in [-0.2, 0) is 4.74 Å². The Hall–Kier alpha value is -1.94. The van der Waals surface area contributed by atoms with E-state index in [9.17, 15) is 9.18 Å². The van der Waals surface area contributed by atoms with E-state index in [-0.39, 0.29) is 25.2 Å². The molecule has 1 aromatic carbocycles. The van der Waals surface area contributed by atoms with Gasteiger partial charge in [-0.25, -0.2) is 4.39 Å². The highest BCUT2D eigenvalue weighted by molar-refractivity contribution is 5.96. The highest BCUT2D eigenvalue weighted by Crippen LogP contribution is 2.15. The van der Waals surface area contributed by atoms with Gasteiger partial charge >= 0.3 is 0 Å². The molecule has 1 amide bonds. The molecule has 0 spiro atoms. The molecule has 0 bridgehead atoms. The third-order valence-corrected chi connectivity index (χ3v) is 3.17. The zero-order valence-electron chi connectivity index (χ0n) is 11.5. The molecule has 1 heterocycles. The van der Waals surface area contributed by atoms with E-state index in [4.69, 9.17) is 15.6 Å². The van der Waals surface area contributed by atoms with Crippen LogP contribution in [0.4, 0.5) is 4.39 Å². The number of nitrogens with zero attached hydrogens (tertiary/aromatic N) is 1. The number of amides is 1. The molecule has 1 aliphatic heterocycles. The minimum Gasteiger partial charge on any atom is -0.394 e. The molecule has 0 saturated carbocycles. The van der Waals surface area contributed by atoms with E-state index in [1.807, 2.05) is 0 Å². The summed E-state index contributed by atoms with van der Waals surface area (Å²) < 4.78 is 18.6. The van der Waals surface area contributed by atoms with Gasteiger partial charge in [0.2, 0.25) is 0 Å². The number of ether oxygens (including phenoxy) is 1. The topological polar surface area (TPSA) is 75.8 Å². The van der Waals surface area contributed by atoms with E-state index >= 15 is 0 Å². The molecule has 1 aliphatic rings. The number of hydrogen-bond acceptors (Lipinski definition) is 4. The van der Waals surface area contributed by atoms with Gasteiger partial charge in [-0.2, -0.15) is 0 Å². The molecule has 1 unspecified atom stereocenters. The van der Waals surface area contributed by atoms with Gasteiger partial charge in [0.1, 0.15) is 5.82 Å². The second-order valence-electron chi connectivity index (χ2n) is 4.62. The van der Waals surface area contributed by atoms with Crippen molar-refractivity contribution < 1.29 is 19.0 Å². The van der Waals surface area contributed by atoms with Crippen LogP contribution < -0.4 is 5.73 Å². The van der Waals surface area contributed by atoms with Gasteiger partial charge in [-0.1, -0.05) is 11.8 Å². The summed E-state index contributed by atoms with van der Waals surface area (Å²) in [4.78, 5) is 14.1. The number of aliphatic hydroxyl groups excluding tert-OH is 1. The second kappa shape index (κ2) is 7.18. The molecule has 1 aromatic rings. The summed E-state index contributed by atoms with van der Waals surface area (Å²) in [6.45, 7) is 1.08. The molecular weight excluding hydrogens is 275 g/mol. The fourth-order valence-corrected chi connectivity index (χ4v) is 2.14. The van der Waals surface area contributed by atoms with E-state index in [0.29, 0.717) is 30.8 Å². The molecule has 1 fully saturated rings. The maximum absolute atomic E-state index is 13.3. The Morgan fingerprint density at radius 2 is 2.38 bits per heavy atom. The van der Waals surface area contributed by atoms with Crippen LogP contribution in [0, 0.1) is 17.7 Å². The molecule has 6 heteroatoms. The van der Waals surface area contributed by atoms with Gasteiger partial charge in [-0.05, 0) is 18.2 Å². The number of carbonyl (C=O) groups excluding carboxylic acids is 1. The fraction of sp³-hybridized carbons (Fsp3) is 0.400. The van der Waals surface area contributed by atoms with Crippen LogP contribution in [0.3, 0.4) is 0 Å². The second-order valence-corrected chi connectivity index (χ2v) is 4.62. The Morgan fingerprint density at radius 3 is 3.10 bits per heavy atom. The van der Waals surface area contributed by atoms with E-state index in [1.54, 1.807) is 4.90 Å². The quantitative estimate of drug-likeness (QED) is 0.751. The van der Waals surface area contributed by atoms with Gasteiger partial charge in [0.25, 0.3) is 5.91 Å². The van der Waals surface area contributed by atoms with Crippen LogP contribution in [0.2, 0.25) is 0 Å². The molecule has 0 aliphatic carbocycles. The average molecular weight is 292 g/mol. The van der Waals surface area contributed by atoms with Gasteiger partial charge in [0.05, 0.1) is 31.4 Å². The highest BCUT2D eigenvalue weighted by Gasteiger charge is 2.25. The zero-order valence-corrected chi connectivity index (χ0v) is 11.5. The van der Waals surface area contributed by atoms with E-state index in [1.165, 1.54) is 18.2 Å². The molecule has 0 aromatic heterocycles. The summed E-state index contributed by atoms with van der Waals surface area (Å²) in [5.74, 6) is 4.63. The first-order valence-electron chi connectivity index (χ1n) is 6.66. The van der Waals surface area contributed by atoms with Crippen molar-refractivity contribution in [3.8, 4) is 11.8 Å². The van der Waals surface area contributed by atoms with Crippen LogP contribution in [0.1, 0.15) is 15.9 Å². The van der Waals surface area contributed by atoms with Crippen molar-refractivity contribution in [3.63, 3.8) is 0 Å². The number of hydrogen-bond donors (Lipinski definition) is 2. The van der Waals surface area contributed by atoms with E-state index < -0.39 is 5.82 Å². The summed E-state index contributed by atoms with van der Waals surface area (Å²) in [5, 5.41) is 9.12. The smallest absolute Gasteiger partial charge is 0.255 e. The molecule has 3 N–H and O–H groups in total. The van der Waals surface area contributed by atoms with Crippen molar-refractivity contribution in [1.82, 2.24) is 4.90 Å². The van der Waals surface area contributed by atoms with Crippen LogP contribution in [0.5, 0.6) is 0 Å². The zero-order chi connectivity index (χ0) is 15.2. The van der Waals surface area contributed by atoms with Crippen molar-refractivity contribution >= 4 is 5.91 Å². The summed E-state index contributed by atoms with van der Waals surface area (Å²) in [6.07, 6.45) is -0.387. The Balaban J connectivity index is 2.26. The third-order valence-electron chi connectivity index (χ3n) is 3.17. The number of benzene rings is 1. The lowest BCUT2D eigenvalue weighted by Gasteiger charge is -2.32. The molecular formula is C15H17FN2O3. The molecule has 1 saturated heterocycles. The largest absolute Gasteiger partial charge is 0.394 e. The number of halogens is 1. The summed E-state index contributed by atoms with van der Waals surface area (Å²) in [6, 6.07) is 3.87. The molecule has 1 atom stereocenters. The van der Waals surface area contributed by atoms with Gasteiger partial charge in [0.15, 0.2) is 0 Å². The van der Waals surface area contributed by atoms with Crippen molar-refractivity contribution in [3.05, 3.63) is 35.1 Å². The summed E-state index contributed by atoms with van der Waals surface area (Å²) in [5.41, 5.74) is 5.96. The molecule has 21 heavy (non-hydrogen) atoms. The third kappa shape index (κ3) is 3.79. The lowest BCUT2D eigenvalue weighted by Crippen LogP contribution is -2.47. The van der Waals surface area contributed by atoms with Crippen LogP contribution >= 0.6 is 0 Å². The molecule has 5 nitrogen and oxygen atoms in total. The maximum atomic E-state index is 13.3. The Bertz CT molecular complexity index is 580. The predicted octanol–water partition coefficient (Wildman–Crippen LogP) is -0.0308. The minimum absolute atomic E-state index is 0.133. The predicted molar refractivity (Wildman–Crippen MR) is 75.1 cm³/mol. The van der Waals surface area contributed by atoms with Crippen molar-refractivity contribution in [2.24, 2.45) is 5.73 Å². The van der Waals surface area contributed by atoms with E-state index in [2.05, 4.69) is 11.8 Å². The fourth-order valence-electron chi connectivity index (χ4n) is 2.14. The lowest BCUT2D eigenvalue weighted by molar-refractivity contribution is -0.0447. The Morgan fingerprint density at radius 1 is 1.57 bits per heavy atom. The van der Waals surface area contributed by atoms with E-state index in [0.717, 1.165) is 0 Å². The van der Waals surface area contributed by atoms with Crippen molar-refractivity contribution in [2.75, 3.05) is 32.8 Å². The monoisotopic (exact) mass is 292 g/mol. The van der Waals surface area contributed by atoms with Gasteiger partial charge in [-0.3, -0.25) is 4.79 Å². The van der Waals surface area contributed by atoms with Crippen LogP contribution in [0.25, 0.3) is 0 Å². The summed E-state index contributed by atoms with van der Waals surface area (Å²) in [7, 11) is 0. The first kappa shape index (κ1) is 15.4. The van der Waals surface area contributed by atoms with Crippen LogP contribution in [-0.4, -0.2) is 54.9 Å². The number of nitrogens with two attached hydrogens (primary N) is 1. The number of rotatable bonds is 2.